The molecule has 6 nitrogen and oxygen atoms in total. The molecule has 2 N–H and O–H groups in total. The van der Waals surface area contributed by atoms with Crippen molar-refractivity contribution in [1.82, 2.24) is 15.2 Å². The first-order chi connectivity index (χ1) is 9.17. The van der Waals surface area contributed by atoms with E-state index in [9.17, 15) is 4.79 Å². The van der Waals surface area contributed by atoms with Crippen LogP contribution in [0.15, 0.2) is 18.3 Å². The van der Waals surface area contributed by atoms with Gasteiger partial charge in [0.15, 0.2) is 0 Å². The number of nitrogens with one attached hydrogen (secondary N) is 2. The number of hydrogen-bond donors (Lipinski definition) is 2. The third-order valence-electron chi connectivity index (χ3n) is 2.74. The second-order valence-corrected chi connectivity index (χ2v) is 4.23. The highest BCUT2D eigenvalue weighted by Gasteiger charge is 2.06. The normalized spacial score (nSPS) is 10.5. The number of ether oxygens (including phenoxy) is 1. The van der Waals surface area contributed by atoms with E-state index in [-0.39, 0.29) is 5.91 Å². The van der Waals surface area contributed by atoms with Crippen molar-refractivity contribution in [1.29, 1.82) is 0 Å². The second-order valence-electron chi connectivity index (χ2n) is 4.23. The van der Waals surface area contributed by atoms with Crippen LogP contribution in [0.4, 0.5) is 5.69 Å². The summed E-state index contributed by atoms with van der Waals surface area (Å²) in [4.78, 5) is 18.0. The fourth-order valence-electron chi connectivity index (χ4n) is 1.49. The van der Waals surface area contributed by atoms with Gasteiger partial charge in [0.2, 0.25) is 0 Å². The molecule has 1 amide bonds. The monoisotopic (exact) mass is 266 g/mol. The van der Waals surface area contributed by atoms with Crippen molar-refractivity contribution in [3.05, 3.63) is 24.0 Å². The Morgan fingerprint density at radius 3 is 2.79 bits per heavy atom. The number of carbonyl (C=O) groups excluding carboxylic acids is 1. The highest BCUT2D eigenvalue weighted by Crippen LogP contribution is 2.04. The maximum Gasteiger partial charge on any atom is 0.269 e. The predicted molar refractivity (Wildman–Crippen MR) is 75.5 cm³/mol. The molecule has 0 atom stereocenters. The van der Waals surface area contributed by atoms with Gasteiger partial charge in [0, 0.05) is 33.8 Å². The number of likely N-dealkylation sites (N-methyl/N-ethyl adjacent to an activating group) is 1. The highest BCUT2D eigenvalue weighted by atomic mass is 16.5. The van der Waals surface area contributed by atoms with Crippen LogP contribution in [0.2, 0.25) is 0 Å². The number of nitrogens with zero attached hydrogens (tertiary/aromatic N) is 2. The van der Waals surface area contributed by atoms with E-state index in [2.05, 4.69) is 20.5 Å². The average Bonchev–Trinajstić information content (AvgIpc) is 2.45. The van der Waals surface area contributed by atoms with Gasteiger partial charge < -0.3 is 20.3 Å². The van der Waals surface area contributed by atoms with Crippen LogP contribution in [-0.4, -0.2) is 63.2 Å². The lowest BCUT2D eigenvalue weighted by molar-refractivity contribution is 0.0942. The fourth-order valence-corrected chi connectivity index (χ4v) is 1.49. The zero-order valence-corrected chi connectivity index (χ0v) is 11.8. The molecule has 0 aliphatic heterocycles. The largest absolute Gasteiger partial charge is 0.387 e. The molecule has 0 aliphatic rings. The van der Waals surface area contributed by atoms with E-state index in [1.165, 1.54) is 0 Å². The number of methoxy groups -OCH3 is 1. The Morgan fingerprint density at radius 1 is 1.42 bits per heavy atom. The van der Waals surface area contributed by atoms with Crippen LogP contribution in [0, 0.1) is 0 Å². The zero-order chi connectivity index (χ0) is 14.1. The summed E-state index contributed by atoms with van der Waals surface area (Å²) >= 11 is 0. The number of anilines is 1. The summed E-state index contributed by atoms with van der Waals surface area (Å²) in [6.07, 6.45) is 1.64. The Bertz CT molecular complexity index is 381. The molecule has 1 aromatic heterocycles. The second kappa shape index (κ2) is 8.44. The van der Waals surface area contributed by atoms with E-state index in [0.717, 1.165) is 18.8 Å². The van der Waals surface area contributed by atoms with E-state index in [1.807, 2.05) is 20.2 Å². The summed E-state index contributed by atoms with van der Waals surface area (Å²) in [5.74, 6) is -0.150. The van der Waals surface area contributed by atoms with Crippen LogP contribution in [-0.2, 0) is 4.74 Å². The SMILES string of the molecule is CNc1ccc(C(=O)NCCN(C)CCOC)nc1. The summed E-state index contributed by atoms with van der Waals surface area (Å²) in [6, 6.07) is 3.53. The lowest BCUT2D eigenvalue weighted by Gasteiger charge is -2.16. The van der Waals surface area contributed by atoms with Crippen LogP contribution in [0.5, 0.6) is 0 Å². The van der Waals surface area contributed by atoms with Gasteiger partial charge in [-0.05, 0) is 19.2 Å². The standard InChI is InChI=1S/C13H22N4O2/c1-14-11-4-5-12(16-10-11)13(18)15-6-7-17(2)8-9-19-3/h4-5,10,14H,6-9H2,1-3H3,(H,15,18). The predicted octanol–water partition coefficient (Wildman–Crippen LogP) is 0.431. The molecule has 0 radical (unpaired) electrons. The molecule has 1 rings (SSSR count). The Labute approximate surface area is 114 Å². The summed E-state index contributed by atoms with van der Waals surface area (Å²) in [5, 5.41) is 5.80. The van der Waals surface area contributed by atoms with E-state index < -0.39 is 0 Å². The molecular weight excluding hydrogens is 244 g/mol. The third-order valence-corrected chi connectivity index (χ3v) is 2.74. The van der Waals surface area contributed by atoms with E-state index >= 15 is 0 Å². The molecule has 6 heteroatoms. The van der Waals surface area contributed by atoms with Gasteiger partial charge in [-0.15, -0.1) is 0 Å². The zero-order valence-electron chi connectivity index (χ0n) is 11.8. The van der Waals surface area contributed by atoms with Gasteiger partial charge in [0.1, 0.15) is 5.69 Å². The van der Waals surface area contributed by atoms with E-state index in [0.29, 0.717) is 18.8 Å². The minimum atomic E-state index is -0.150. The Morgan fingerprint density at radius 2 is 2.21 bits per heavy atom. The molecule has 0 aromatic carbocycles. The van der Waals surface area contributed by atoms with Crippen LogP contribution in [0.3, 0.4) is 0 Å². The third kappa shape index (κ3) is 5.67. The van der Waals surface area contributed by atoms with Crippen molar-refractivity contribution < 1.29 is 9.53 Å². The first-order valence-corrected chi connectivity index (χ1v) is 6.27. The van der Waals surface area contributed by atoms with Gasteiger partial charge in [-0.25, -0.2) is 4.98 Å². The van der Waals surface area contributed by atoms with Crippen molar-refractivity contribution in [3.63, 3.8) is 0 Å². The van der Waals surface area contributed by atoms with Crippen molar-refractivity contribution in [2.24, 2.45) is 0 Å². The first kappa shape index (κ1) is 15.4. The molecule has 0 spiro atoms. The van der Waals surface area contributed by atoms with Gasteiger partial charge in [-0.1, -0.05) is 0 Å². The van der Waals surface area contributed by atoms with Gasteiger partial charge >= 0.3 is 0 Å². The van der Waals surface area contributed by atoms with Crippen LogP contribution < -0.4 is 10.6 Å². The van der Waals surface area contributed by atoms with Gasteiger partial charge in [-0.2, -0.15) is 0 Å². The van der Waals surface area contributed by atoms with E-state index in [4.69, 9.17) is 4.74 Å². The lowest BCUT2D eigenvalue weighted by atomic mass is 10.3. The summed E-state index contributed by atoms with van der Waals surface area (Å²) in [7, 11) is 5.48. The number of rotatable bonds is 8. The Balaban J connectivity index is 2.30. The van der Waals surface area contributed by atoms with Crippen molar-refractivity contribution in [2.45, 2.75) is 0 Å². The van der Waals surface area contributed by atoms with Crippen LogP contribution in [0.25, 0.3) is 0 Å². The van der Waals surface area contributed by atoms with Gasteiger partial charge in [0.05, 0.1) is 18.5 Å². The fraction of sp³-hybridized carbons (Fsp3) is 0.538. The maximum atomic E-state index is 11.8. The Kier molecular flexibility index (Phi) is 6.84. The number of carbonyl (C=O) groups is 1. The number of aromatic nitrogens is 1. The minimum absolute atomic E-state index is 0.150. The smallest absolute Gasteiger partial charge is 0.269 e. The molecule has 0 unspecified atom stereocenters. The van der Waals surface area contributed by atoms with Crippen molar-refractivity contribution in [3.8, 4) is 0 Å². The van der Waals surface area contributed by atoms with Crippen molar-refractivity contribution in [2.75, 3.05) is 52.8 Å². The molecule has 0 saturated carbocycles. The maximum absolute atomic E-state index is 11.8. The molecule has 106 valence electrons. The molecule has 0 bridgehead atoms. The molecular formula is C13H22N4O2. The Hall–Kier alpha value is -1.66. The molecule has 0 aliphatic carbocycles. The highest BCUT2D eigenvalue weighted by molar-refractivity contribution is 5.92. The number of pyridine rings is 1. The summed E-state index contributed by atoms with van der Waals surface area (Å²) in [5.41, 5.74) is 1.31. The quantitative estimate of drug-likeness (QED) is 0.714. The van der Waals surface area contributed by atoms with Gasteiger partial charge in [0.25, 0.3) is 5.91 Å². The topological polar surface area (TPSA) is 66.5 Å². The number of hydrogen-bond acceptors (Lipinski definition) is 5. The van der Waals surface area contributed by atoms with Crippen molar-refractivity contribution >= 4 is 11.6 Å². The lowest BCUT2D eigenvalue weighted by Crippen LogP contribution is -2.34. The van der Waals surface area contributed by atoms with Gasteiger partial charge in [-0.3, -0.25) is 4.79 Å². The minimum Gasteiger partial charge on any atom is -0.387 e. The summed E-state index contributed by atoms with van der Waals surface area (Å²) in [6.45, 7) is 2.91. The molecule has 1 heterocycles. The molecule has 19 heavy (non-hydrogen) atoms. The summed E-state index contributed by atoms with van der Waals surface area (Å²) < 4.78 is 4.99. The molecule has 0 fully saturated rings. The molecule has 0 saturated heterocycles. The average molecular weight is 266 g/mol. The van der Waals surface area contributed by atoms with E-state index in [1.54, 1.807) is 19.4 Å². The molecule has 1 aromatic rings. The first-order valence-electron chi connectivity index (χ1n) is 6.27. The van der Waals surface area contributed by atoms with Crippen LogP contribution >= 0.6 is 0 Å². The number of amides is 1. The van der Waals surface area contributed by atoms with Crippen LogP contribution in [0.1, 0.15) is 10.5 Å².